The van der Waals surface area contributed by atoms with E-state index in [4.69, 9.17) is 4.74 Å². The molecular weight excluding hydrogens is 302 g/mol. The van der Waals surface area contributed by atoms with Crippen molar-refractivity contribution in [2.45, 2.75) is 19.5 Å². The van der Waals surface area contributed by atoms with Crippen molar-refractivity contribution in [1.29, 1.82) is 0 Å². The molecule has 0 radical (unpaired) electrons. The predicted octanol–water partition coefficient (Wildman–Crippen LogP) is 4.31. The van der Waals surface area contributed by atoms with Crippen LogP contribution in [0.5, 0.6) is 5.75 Å². The second-order valence-corrected chi connectivity index (χ2v) is 5.42. The highest BCUT2D eigenvalue weighted by atomic mass is 79.9. The molecule has 3 heteroatoms. The zero-order valence-electron chi connectivity index (χ0n) is 11.2. The lowest BCUT2D eigenvalue weighted by Gasteiger charge is -2.15. The minimum atomic E-state index is 0.309. The van der Waals surface area contributed by atoms with Gasteiger partial charge < -0.3 is 10.1 Å². The summed E-state index contributed by atoms with van der Waals surface area (Å²) in [6, 6.07) is 16.8. The first-order chi connectivity index (χ1) is 9.19. The number of benzene rings is 2. The minimum absolute atomic E-state index is 0.309. The van der Waals surface area contributed by atoms with Crippen LogP contribution >= 0.6 is 15.9 Å². The van der Waals surface area contributed by atoms with Crippen molar-refractivity contribution in [1.82, 2.24) is 5.32 Å². The molecule has 0 fully saturated rings. The van der Waals surface area contributed by atoms with Crippen LogP contribution in [0.3, 0.4) is 0 Å². The Morgan fingerprint density at radius 2 is 1.95 bits per heavy atom. The molecule has 0 amide bonds. The summed E-state index contributed by atoms with van der Waals surface area (Å²) in [5, 5.41) is 3.52. The van der Waals surface area contributed by atoms with Crippen LogP contribution in [0.1, 0.15) is 24.1 Å². The van der Waals surface area contributed by atoms with Gasteiger partial charge in [-0.1, -0.05) is 40.2 Å². The van der Waals surface area contributed by atoms with Crippen LogP contribution in [0.25, 0.3) is 0 Å². The van der Waals surface area contributed by atoms with Crippen LogP contribution in [-0.2, 0) is 6.54 Å². The summed E-state index contributed by atoms with van der Waals surface area (Å²) in [6.45, 7) is 2.99. The number of hydrogen-bond acceptors (Lipinski definition) is 2. The molecule has 1 N–H and O–H groups in total. The average molecular weight is 320 g/mol. The Morgan fingerprint density at radius 1 is 1.16 bits per heavy atom. The number of nitrogens with one attached hydrogen (secondary N) is 1. The summed E-state index contributed by atoms with van der Waals surface area (Å²) in [7, 11) is 1.69. The zero-order valence-corrected chi connectivity index (χ0v) is 12.8. The van der Waals surface area contributed by atoms with Gasteiger partial charge in [0.15, 0.2) is 0 Å². The lowest BCUT2D eigenvalue weighted by Crippen LogP contribution is -2.18. The number of methoxy groups -OCH3 is 1. The van der Waals surface area contributed by atoms with E-state index in [1.54, 1.807) is 7.11 Å². The average Bonchev–Trinajstić information content (AvgIpc) is 2.45. The minimum Gasteiger partial charge on any atom is -0.497 e. The Kier molecular flexibility index (Phi) is 5.00. The Hall–Kier alpha value is -1.32. The van der Waals surface area contributed by atoms with E-state index >= 15 is 0 Å². The van der Waals surface area contributed by atoms with Crippen molar-refractivity contribution in [2.24, 2.45) is 0 Å². The summed E-state index contributed by atoms with van der Waals surface area (Å²) in [6.07, 6.45) is 0. The smallest absolute Gasteiger partial charge is 0.119 e. The lowest BCUT2D eigenvalue weighted by atomic mass is 10.1. The van der Waals surface area contributed by atoms with Gasteiger partial charge in [0.25, 0.3) is 0 Å². The summed E-state index contributed by atoms with van der Waals surface area (Å²) >= 11 is 3.50. The van der Waals surface area contributed by atoms with Gasteiger partial charge in [-0.05, 0) is 42.3 Å². The quantitative estimate of drug-likeness (QED) is 0.886. The predicted molar refractivity (Wildman–Crippen MR) is 82.4 cm³/mol. The maximum atomic E-state index is 5.23. The maximum absolute atomic E-state index is 5.23. The Morgan fingerprint density at radius 3 is 2.68 bits per heavy atom. The Bertz CT molecular complexity index is 542. The van der Waals surface area contributed by atoms with Gasteiger partial charge in [-0.25, -0.2) is 0 Å². The summed E-state index contributed by atoms with van der Waals surface area (Å²) in [5.74, 6) is 0.898. The maximum Gasteiger partial charge on any atom is 0.119 e. The molecule has 0 spiro atoms. The van der Waals surface area contributed by atoms with E-state index in [0.717, 1.165) is 16.8 Å². The molecule has 0 bridgehead atoms. The topological polar surface area (TPSA) is 21.3 Å². The van der Waals surface area contributed by atoms with Crippen LogP contribution in [-0.4, -0.2) is 7.11 Å². The number of halogens is 1. The summed E-state index contributed by atoms with van der Waals surface area (Å²) < 4.78 is 6.34. The molecular formula is C16H18BrNO. The molecule has 100 valence electrons. The molecule has 2 aromatic rings. The fourth-order valence-corrected chi connectivity index (χ4v) is 2.36. The van der Waals surface area contributed by atoms with Gasteiger partial charge in [0.05, 0.1) is 7.11 Å². The van der Waals surface area contributed by atoms with E-state index in [2.05, 4.69) is 58.5 Å². The van der Waals surface area contributed by atoms with Crippen molar-refractivity contribution in [3.63, 3.8) is 0 Å². The van der Waals surface area contributed by atoms with Gasteiger partial charge in [-0.2, -0.15) is 0 Å². The van der Waals surface area contributed by atoms with Crippen molar-refractivity contribution >= 4 is 15.9 Å². The fourth-order valence-electron chi connectivity index (χ4n) is 1.95. The van der Waals surface area contributed by atoms with Gasteiger partial charge in [0, 0.05) is 17.1 Å². The van der Waals surface area contributed by atoms with Gasteiger partial charge >= 0.3 is 0 Å². The van der Waals surface area contributed by atoms with Gasteiger partial charge in [-0.3, -0.25) is 0 Å². The highest BCUT2D eigenvalue weighted by Crippen LogP contribution is 2.19. The van der Waals surface area contributed by atoms with E-state index in [-0.39, 0.29) is 0 Å². The summed E-state index contributed by atoms with van der Waals surface area (Å²) in [5.41, 5.74) is 2.50. The third-order valence-electron chi connectivity index (χ3n) is 3.10. The van der Waals surface area contributed by atoms with E-state index in [1.165, 1.54) is 11.1 Å². The summed E-state index contributed by atoms with van der Waals surface area (Å²) in [4.78, 5) is 0. The molecule has 0 aliphatic carbocycles. The van der Waals surface area contributed by atoms with Crippen LogP contribution < -0.4 is 10.1 Å². The first-order valence-corrected chi connectivity index (χ1v) is 7.10. The van der Waals surface area contributed by atoms with E-state index in [0.29, 0.717) is 6.04 Å². The first-order valence-electron chi connectivity index (χ1n) is 6.31. The first kappa shape index (κ1) is 14.1. The van der Waals surface area contributed by atoms with Gasteiger partial charge in [-0.15, -0.1) is 0 Å². The molecule has 2 nitrogen and oxygen atoms in total. The fraction of sp³-hybridized carbons (Fsp3) is 0.250. The molecule has 0 aliphatic heterocycles. The molecule has 0 saturated carbocycles. The Balaban J connectivity index is 1.98. The van der Waals surface area contributed by atoms with Crippen molar-refractivity contribution in [3.05, 3.63) is 64.1 Å². The highest BCUT2D eigenvalue weighted by Gasteiger charge is 2.05. The molecule has 2 rings (SSSR count). The monoisotopic (exact) mass is 319 g/mol. The second-order valence-electron chi connectivity index (χ2n) is 4.51. The third kappa shape index (κ3) is 4.08. The lowest BCUT2D eigenvalue weighted by molar-refractivity contribution is 0.414. The number of hydrogen-bond donors (Lipinski definition) is 1. The third-order valence-corrected chi connectivity index (χ3v) is 3.59. The molecule has 1 unspecified atom stereocenters. The SMILES string of the molecule is COc1cccc(CNC(C)c2cccc(Br)c2)c1. The molecule has 0 aromatic heterocycles. The van der Waals surface area contributed by atoms with Crippen LogP contribution in [0.15, 0.2) is 53.0 Å². The van der Waals surface area contributed by atoms with Crippen LogP contribution in [0.2, 0.25) is 0 Å². The highest BCUT2D eigenvalue weighted by molar-refractivity contribution is 9.10. The standard InChI is InChI=1S/C16H18BrNO/c1-12(14-6-4-7-15(17)10-14)18-11-13-5-3-8-16(9-13)19-2/h3-10,12,18H,11H2,1-2H3. The van der Waals surface area contributed by atoms with Crippen molar-refractivity contribution in [2.75, 3.05) is 7.11 Å². The number of ether oxygens (including phenoxy) is 1. The van der Waals surface area contributed by atoms with Crippen molar-refractivity contribution in [3.8, 4) is 5.75 Å². The largest absolute Gasteiger partial charge is 0.497 e. The number of rotatable bonds is 5. The van der Waals surface area contributed by atoms with Crippen molar-refractivity contribution < 1.29 is 4.74 Å². The normalized spacial score (nSPS) is 12.2. The van der Waals surface area contributed by atoms with Crippen LogP contribution in [0.4, 0.5) is 0 Å². The molecule has 1 atom stereocenters. The van der Waals surface area contributed by atoms with Crippen LogP contribution in [0, 0.1) is 0 Å². The van der Waals surface area contributed by atoms with E-state index in [9.17, 15) is 0 Å². The molecule has 2 aromatic carbocycles. The van der Waals surface area contributed by atoms with E-state index in [1.807, 2.05) is 18.2 Å². The molecule has 0 aliphatic rings. The Labute approximate surface area is 122 Å². The van der Waals surface area contributed by atoms with Gasteiger partial charge in [0.1, 0.15) is 5.75 Å². The zero-order chi connectivity index (χ0) is 13.7. The second kappa shape index (κ2) is 6.73. The van der Waals surface area contributed by atoms with Gasteiger partial charge in [0.2, 0.25) is 0 Å². The molecule has 19 heavy (non-hydrogen) atoms. The molecule has 0 heterocycles. The van der Waals surface area contributed by atoms with E-state index < -0.39 is 0 Å². The molecule has 0 saturated heterocycles.